The van der Waals surface area contributed by atoms with Crippen LogP contribution >= 0.6 is 0 Å². The number of sulfonamides is 1. The van der Waals surface area contributed by atoms with Crippen LogP contribution < -0.4 is 9.21 Å². The first-order chi connectivity index (χ1) is 14.7. The minimum absolute atomic E-state index is 0.0271. The van der Waals surface area contributed by atoms with Gasteiger partial charge in [-0.05, 0) is 43.0 Å². The zero-order valence-corrected chi connectivity index (χ0v) is 17.6. The van der Waals surface area contributed by atoms with E-state index >= 15 is 0 Å². The molecule has 31 heavy (non-hydrogen) atoms. The molecule has 2 aromatic carbocycles. The number of benzene rings is 2. The van der Waals surface area contributed by atoms with Crippen LogP contribution in [0, 0.1) is 17.6 Å². The molecular formula is C21H21F2N3O4S. The van der Waals surface area contributed by atoms with E-state index in [1.165, 1.54) is 18.2 Å². The highest BCUT2D eigenvalue weighted by Gasteiger charge is 2.44. The van der Waals surface area contributed by atoms with E-state index in [9.17, 15) is 26.8 Å². The molecule has 0 unspecified atom stereocenters. The van der Waals surface area contributed by atoms with Gasteiger partial charge in [0.05, 0.1) is 5.69 Å². The number of fused-ring (bicyclic) bond motifs is 1. The van der Waals surface area contributed by atoms with Crippen LogP contribution in [0.2, 0.25) is 0 Å². The van der Waals surface area contributed by atoms with Gasteiger partial charge >= 0.3 is 6.03 Å². The summed E-state index contributed by atoms with van der Waals surface area (Å²) >= 11 is 0. The van der Waals surface area contributed by atoms with Gasteiger partial charge in [0.25, 0.3) is 10.0 Å². The molecule has 0 saturated carbocycles. The first kappa shape index (κ1) is 21.2. The van der Waals surface area contributed by atoms with Crippen LogP contribution in [0.15, 0.2) is 47.4 Å². The van der Waals surface area contributed by atoms with E-state index in [0.717, 1.165) is 29.9 Å². The summed E-state index contributed by atoms with van der Waals surface area (Å²) in [4.78, 5) is 28.5. The second-order valence-electron chi connectivity index (χ2n) is 7.76. The third-order valence-electron chi connectivity index (χ3n) is 5.64. The average Bonchev–Trinajstić information content (AvgIpc) is 2.74. The first-order valence-corrected chi connectivity index (χ1v) is 11.3. The predicted octanol–water partition coefficient (Wildman–Crippen LogP) is 3.36. The van der Waals surface area contributed by atoms with Crippen molar-refractivity contribution in [3.63, 3.8) is 0 Å². The predicted molar refractivity (Wildman–Crippen MR) is 110 cm³/mol. The highest BCUT2D eigenvalue weighted by molar-refractivity contribution is 7.94. The minimum atomic E-state index is -4.51. The van der Waals surface area contributed by atoms with Gasteiger partial charge in [0.15, 0.2) is 0 Å². The maximum Gasteiger partial charge on any atom is 0.343 e. The van der Waals surface area contributed by atoms with E-state index in [2.05, 4.69) is 6.92 Å². The Labute approximate surface area is 178 Å². The molecule has 3 amide bonds. The number of rotatable bonds is 3. The fourth-order valence-corrected chi connectivity index (χ4v) is 5.42. The van der Waals surface area contributed by atoms with Crippen LogP contribution in [0.5, 0.6) is 0 Å². The summed E-state index contributed by atoms with van der Waals surface area (Å²) in [5.41, 5.74) is -0.706. The molecule has 7 nitrogen and oxygen atoms in total. The Kier molecular flexibility index (Phi) is 5.42. The van der Waals surface area contributed by atoms with E-state index in [-0.39, 0.29) is 20.8 Å². The molecule has 0 aliphatic carbocycles. The van der Waals surface area contributed by atoms with E-state index in [4.69, 9.17) is 0 Å². The van der Waals surface area contributed by atoms with E-state index in [0.29, 0.717) is 25.1 Å². The van der Waals surface area contributed by atoms with Crippen molar-refractivity contribution in [3.8, 4) is 0 Å². The summed E-state index contributed by atoms with van der Waals surface area (Å²) in [7, 11) is -4.51. The number of hydrogen-bond acceptors (Lipinski definition) is 4. The van der Waals surface area contributed by atoms with Crippen molar-refractivity contribution in [2.45, 2.75) is 24.7 Å². The molecule has 1 fully saturated rings. The molecule has 0 bridgehead atoms. The number of urea groups is 1. The molecule has 2 heterocycles. The van der Waals surface area contributed by atoms with E-state index in [1.807, 2.05) is 0 Å². The molecule has 2 aliphatic rings. The lowest BCUT2D eigenvalue weighted by molar-refractivity contribution is -0.130. The standard InChI is InChI=1S/C21H21F2N3O4S/c1-14-8-10-24(11-9-14)20(27)13-25-17-4-2-3-5-19(17)31(29,30)26(21(25)28)18-12-15(22)6-7-16(18)23/h2-7,12,14H,8-11,13H2,1H3. The number of anilines is 2. The zero-order chi connectivity index (χ0) is 22.3. The quantitative estimate of drug-likeness (QED) is 0.720. The summed E-state index contributed by atoms with van der Waals surface area (Å²) < 4.78 is 54.7. The third-order valence-corrected chi connectivity index (χ3v) is 7.37. The Balaban J connectivity index is 1.76. The Morgan fingerprint density at radius 2 is 1.74 bits per heavy atom. The molecule has 10 heteroatoms. The summed E-state index contributed by atoms with van der Waals surface area (Å²) in [5, 5.41) is 0. The van der Waals surface area contributed by atoms with E-state index < -0.39 is 39.9 Å². The van der Waals surface area contributed by atoms with Crippen molar-refractivity contribution in [1.29, 1.82) is 0 Å². The molecule has 4 rings (SSSR count). The molecule has 164 valence electrons. The van der Waals surface area contributed by atoms with Crippen LogP contribution in [-0.2, 0) is 14.8 Å². The molecule has 2 aliphatic heterocycles. The Morgan fingerprint density at radius 3 is 2.45 bits per heavy atom. The van der Waals surface area contributed by atoms with Gasteiger partial charge in [-0.15, -0.1) is 0 Å². The SMILES string of the molecule is CC1CCN(C(=O)CN2C(=O)N(c3cc(F)ccc3F)S(=O)(=O)c3ccccc32)CC1. The molecule has 1 saturated heterocycles. The first-order valence-electron chi connectivity index (χ1n) is 9.89. The number of para-hydroxylation sites is 1. The summed E-state index contributed by atoms with van der Waals surface area (Å²) in [6.45, 7) is 2.78. The number of carbonyl (C=O) groups is 2. The monoisotopic (exact) mass is 449 g/mol. The van der Waals surface area contributed by atoms with Gasteiger partial charge < -0.3 is 4.90 Å². The molecule has 0 atom stereocenters. The second-order valence-corrected chi connectivity index (χ2v) is 9.52. The molecule has 0 aromatic heterocycles. The lowest BCUT2D eigenvalue weighted by atomic mass is 9.99. The van der Waals surface area contributed by atoms with Crippen molar-refractivity contribution < 1.29 is 26.8 Å². The fraction of sp³-hybridized carbons (Fsp3) is 0.333. The second kappa shape index (κ2) is 7.92. The number of halogens is 2. The molecule has 0 spiro atoms. The smallest absolute Gasteiger partial charge is 0.341 e. The largest absolute Gasteiger partial charge is 0.343 e. The number of nitrogens with zero attached hydrogens (tertiary/aromatic N) is 3. The van der Waals surface area contributed by atoms with Crippen LogP contribution in [0.4, 0.5) is 25.0 Å². The van der Waals surface area contributed by atoms with Gasteiger partial charge in [0.1, 0.15) is 28.8 Å². The van der Waals surface area contributed by atoms with Crippen LogP contribution in [0.3, 0.4) is 0 Å². The van der Waals surface area contributed by atoms with Crippen molar-refractivity contribution >= 4 is 33.3 Å². The molecule has 0 N–H and O–H groups in total. The number of carbonyl (C=O) groups excluding carboxylic acids is 2. The number of hydrogen-bond donors (Lipinski definition) is 0. The van der Waals surface area contributed by atoms with E-state index in [1.54, 1.807) is 11.0 Å². The van der Waals surface area contributed by atoms with Crippen LogP contribution in [-0.4, -0.2) is 44.9 Å². The van der Waals surface area contributed by atoms with Crippen LogP contribution in [0.1, 0.15) is 19.8 Å². The zero-order valence-electron chi connectivity index (χ0n) is 16.8. The summed E-state index contributed by atoms with van der Waals surface area (Å²) in [6.07, 6.45) is 1.68. The Morgan fingerprint density at radius 1 is 1.06 bits per heavy atom. The summed E-state index contributed by atoms with van der Waals surface area (Å²) in [5.74, 6) is -1.82. The summed E-state index contributed by atoms with van der Waals surface area (Å²) in [6, 6.07) is 6.76. The Bertz CT molecular complexity index is 1150. The van der Waals surface area contributed by atoms with Gasteiger partial charge in [0, 0.05) is 19.2 Å². The van der Waals surface area contributed by atoms with Crippen LogP contribution in [0.25, 0.3) is 0 Å². The lowest BCUT2D eigenvalue weighted by Crippen LogP contribution is -2.54. The average molecular weight is 449 g/mol. The van der Waals surface area contributed by atoms with Gasteiger partial charge in [0.2, 0.25) is 5.91 Å². The van der Waals surface area contributed by atoms with Gasteiger partial charge in [-0.3, -0.25) is 9.69 Å². The van der Waals surface area contributed by atoms with Gasteiger partial charge in [-0.25, -0.2) is 22.0 Å². The molecular weight excluding hydrogens is 428 g/mol. The van der Waals surface area contributed by atoms with Crippen molar-refractivity contribution in [3.05, 3.63) is 54.1 Å². The Hall–Kier alpha value is -3.01. The van der Waals surface area contributed by atoms with Gasteiger partial charge in [-0.1, -0.05) is 19.1 Å². The van der Waals surface area contributed by atoms with Gasteiger partial charge in [-0.2, -0.15) is 4.31 Å². The highest BCUT2D eigenvalue weighted by atomic mass is 32.2. The minimum Gasteiger partial charge on any atom is -0.341 e. The normalized spacial score (nSPS) is 18.8. The van der Waals surface area contributed by atoms with Crippen molar-refractivity contribution in [1.82, 2.24) is 4.90 Å². The number of amides is 3. The number of likely N-dealkylation sites (tertiary alicyclic amines) is 1. The van der Waals surface area contributed by atoms with Crippen molar-refractivity contribution in [2.75, 3.05) is 28.8 Å². The highest BCUT2D eigenvalue weighted by Crippen LogP contribution is 2.38. The maximum atomic E-state index is 14.4. The topological polar surface area (TPSA) is 78.0 Å². The number of piperidine rings is 1. The maximum absolute atomic E-state index is 14.4. The molecule has 0 radical (unpaired) electrons. The van der Waals surface area contributed by atoms with Crippen molar-refractivity contribution in [2.24, 2.45) is 5.92 Å². The fourth-order valence-electron chi connectivity index (χ4n) is 3.83. The lowest BCUT2D eigenvalue weighted by Gasteiger charge is -2.37. The third kappa shape index (κ3) is 3.76. The molecule has 2 aromatic rings.